The van der Waals surface area contributed by atoms with Gasteiger partial charge in [-0.25, -0.2) is 4.39 Å². The van der Waals surface area contributed by atoms with Crippen LogP contribution in [0, 0.1) is 17.2 Å². The van der Waals surface area contributed by atoms with Crippen LogP contribution in [0.15, 0.2) is 42.5 Å². The van der Waals surface area contributed by atoms with Crippen molar-refractivity contribution < 1.29 is 35.5 Å². The monoisotopic (exact) mass is 558 g/mol. The molecule has 2 fully saturated rings. The molecule has 0 radical (unpaired) electrons. The zero-order chi connectivity index (χ0) is 28.6. The second-order valence-corrected chi connectivity index (χ2v) is 11.2. The van der Waals surface area contributed by atoms with Gasteiger partial charge in [-0.15, -0.1) is 0 Å². The molecule has 2 aromatic rings. The minimum atomic E-state index is -4.94. The lowest BCUT2D eigenvalue weighted by molar-refractivity contribution is -0.143. The van der Waals surface area contributed by atoms with E-state index in [0.29, 0.717) is 30.9 Å². The fourth-order valence-corrected chi connectivity index (χ4v) is 6.17. The summed E-state index contributed by atoms with van der Waals surface area (Å²) in [5, 5.41) is 2.65. The average molecular weight is 559 g/mol. The highest BCUT2D eigenvalue weighted by atomic mass is 19.4. The highest BCUT2D eigenvalue weighted by molar-refractivity contribution is 5.83. The van der Waals surface area contributed by atoms with Crippen molar-refractivity contribution in [1.29, 1.82) is 0 Å². The number of alkyl halides is 6. The van der Waals surface area contributed by atoms with Gasteiger partial charge in [-0.3, -0.25) is 4.79 Å². The number of nitrogens with one attached hydrogen (secondary N) is 1. The molecule has 1 aliphatic heterocycles. The first-order chi connectivity index (χ1) is 18.2. The van der Waals surface area contributed by atoms with E-state index in [1.54, 1.807) is 0 Å². The Balaban J connectivity index is 1.41. The number of hydrogen-bond donors (Lipinski definition) is 1. The van der Waals surface area contributed by atoms with Gasteiger partial charge in [0.2, 0.25) is 5.91 Å². The summed E-state index contributed by atoms with van der Waals surface area (Å²) < 4.78 is 92.7. The molecule has 0 spiro atoms. The molecule has 1 saturated carbocycles. The minimum absolute atomic E-state index is 0.0634. The molecule has 2 aromatic carbocycles. The van der Waals surface area contributed by atoms with Crippen LogP contribution in [-0.4, -0.2) is 29.9 Å². The first kappa shape index (κ1) is 29.4. The molecule has 214 valence electrons. The van der Waals surface area contributed by atoms with Crippen LogP contribution in [0.3, 0.4) is 0 Å². The first-order valence-electron chi connectivity index (χ1n) is 13.3. The standard InChI is InChI=1S/C29H33F7N2O/c1-18(2)27(26(39)37-17-19-13-22(28(31,32)33)15-23(14-19)29(34,35)36)10-7-25(16-27)38-11-8-21(9-12-38)20-3-5-24(30)6-4-20/h3-6,13-15,18,21,25H,7-12,16-17H2,1-2H3,(H,37,39)/t25-,27+/m1/s1. The van der Waals surface area contributed by atoms with Crippen molar-refractivity contribution in [2.24, 2.45) is 11.3 Å². The largest absolute Gasteiger partial charge is 0.416 e. The number of piperidine rings is 1. The van der Waals surface area contributed by atoms with Crippen molar-refractivity contribution in [2.45, 2.75) is 76.8 Å². The third kappa shape index (κ3) is 6.58. The van der Waals surface area contributed by atoms with Crippen LogP contribution >= 0.6 is 0 Å². The average Bonchev–Trinajstić information content (AvgIpc) is 3.34. The fraction of sp³-hybridized carbons (Fsp3) is 0.552. The number of carbonyl (C=O) groups excluding carboxylic acids is 1. The quantitative estimate of drug-likeness (QED) is 0.371. The Kier molecular flexibility index (Phi) is 8.36. The zero-order valence-electron chi connectivity index (χ0n) is 21.9. The summed E-state index contributed by atoms with van der Waals surface area (Å²) in [7, 11) is 0. The normalized spacial score (nSPS) is 23.4. The summed E-state index contributed by atoms with van der Waals surface area (Å²) in [5.41, 5.74) is -2.69. The maximum atomic E-state index is 13.4. The van der Waals surface area contributed by atoms with Gasteiger partial charge in [0.05, 0.1) is 16.5 Å². The predicted octanol–water partition coefficient (Wildman–Crippen LogP) is 7.55. The van der Waals surface area contributed by atoms with Gasteiger partial charge in [0.15, 0.2) is 0 Å². The van der Waals surface area contributed by atoms with Crippen LogP contribution < -0.4 is 5.32 Å². The van der Waals surface area contributed by atoms with Crippen LogP contribution in [0.25, 0.3) is 0 Å². The van der Waals surface area contributed by atoms with Crippen molar-refractivity contribution in [3.8, 4) is 0 Å². The molecular weight excluding hydrogens is 525 g/mol. The molecule has 0 bridgehead atoms. The Morgan fingerprint density at radius 2 is 1.51 bits per heavy atom. The van der Waals surface area contributed by atoms with Gasteiger partial charge in [0, 0.05) is 12.6 Å². The van der Waals surface area contributed by atoms with E-state index in [1.165, 1.54) is 12.1 Å². The van der Waals surface area contributed by atoms with Gasteiger partial charge in [0.25, 0.3) is 0 Å². The van der Waals surface area contributed by atoms with E-state index in [9.17, 15) is 35.5 Å². The summed E-state index contributed by atoms with van der Waals surface area (Å²) in [6, 6.07) is 8.14. The molecule has 1 saturated heterocycles. The third-order valence-corrected chi connectivity index (χ3v) is 8.57. The van der Waals surface area contributed by atoms with Crippen LogP contribution in [0.2, 0.25) is 0 Å². The molecule has 1 heterocycles. The molecule has 1 aliphatic carbocycles. The highest BCUT2D eigenvalue weighted by Crippen LogP contribution is 2.47. The second-order valence-electron chi connectivity index (χ2n) is 11.2. The topological polar surface area (TPSA) is 32.3 Å². The Morgan fingerprint density at radius 1 is 0.949 bits per heavy atom. The number of amides is 1. The fourth-order valence-electron chi connectivity index (χ4n) is 6.17. The zero-order valence-corrected chi connectivity index (χ0v) is 21.9. The molecular formula is C29H33F7N2O. The van der Waals surface area contributed by atoms with E-state index in [4.69, 9.17) is 0 Å². The van der Waals surface area contributed by atoms with Crippen molar-refractivity contribution in [2.75, 3.05) is 13.1 Å². The van der Waals surface area contributed by atoms with E-state index in [1.807, 2.05) is 26.0 Å². The first-order valence-corrected chi connectivity index (χ1v) is 13.3. The number of likely N-dealkylation sites (tertiary alicyclic amines) is 1. The maximum absolute atomic E-state index is 13.4. The Bertz CT molecular complexity index is 1120. The van der Waals surface area contributed by atoms with Gasteiger partial charge in [-0.05, 0) is 98.5 Å². The SMILES string of the molecule is CC(C)[C@]1(C(=O)NCc2cc(C(F)(F)F)cc(C(F)(F)F)c2)CC[C@@H](N2CCC(c3ccc(F)cc3)CC2)C1. The van der Waals surface area contributed by atoms with Crippen LogP contribution in [0.5, 0.6) is 0 Å². The van der Waals surface area contributed by atoms with Crippen LogP contribution in [0.4, 0.5) is 30.7 Å². The lowest BCUT2D eigenvalue weighted by Crippen LogP contribution is -2.45. The van der Waals surface area contributed by atoms with E-state index in [2.05, 4.69) is 10.2 Å². The molecule has 1 N–H and O–H groups in total. The second kappa shape index (κ2) is 11.1. The summed E-state index contributed by atoms with van der Waals surface area (Å²) in [6.45, 7) is 5.11. The molecule has 0 unspecified atom stereocenters. The molecule has 3 nitrogen and oxygen atoms in total. The number of halogens is 7. The third-order valence-electron chi connectivity index (χ3n) is 8.57. The van der Waals surface area contributed by atoms with Crippen molar-refractivity contribution in [1.82, 2.24) is 10.2 Å². The van der Waals surface area contributed by atoms with Crippen molar-refractivity contribution in [3.05, 3.63) is 70.5 Å². The summed E-state index contributed by atoms with van der Waals surface area (Å²) in [4.78, 5) is 15.8. The number of benzene rings is 2. The highest BCUT2D eigenvalue weighted by Gasteiger charge is 2.49. The number of carbonyl (C=O) groups is 1. The molecule has 0 aromatic heterocycles. The molecule has 4 rings (SSSR count). The lowest BCUT2D eigenvalue weighted by atomic mass is 9.74. The number of hydrogen-bond acceptors (Lipinski definition) is 2. The van der Waals surface area contributed by atoms with Gasteiger partial charge in [-0.2, -0.15) is 26.3 Å². The van der Waals surface area contributed by atoms with E-state index in [0.717, 1.165) is 37.9 Å². The molecule has 39 heavy (non-hydrogen) atoms. The van der Waals surface area contributed by atoms with Crippen molar-refractivity contribution in [3.63, 3.8) is 0 Å². The lowest BCUT2D eigenvalue weighted by Gasteiger charge is -2.38. The van der Waals surface area contributed by atoms with Gasteiger partial charge >= 0.3 is 12.4 Å². The van der Waals surface area contributed by atoms with Gasteiger partial charge in [-0.1, -0.05) is 26.0 Å². The summed E-state index contributed by atoms with van der Waals surface area (Å²) in [5.74, 6) is -0.326. The van der Waals surface area contributed by atoms with Crippen molar-refractivity contribution >= 4 is 5.91 Å². The predicted molar refractivity (Wildman–Crippen MR) is 133 cm³/mol. The minimum Gasteiger partial charge on any atom is -0.352 e. The molecule has 1 amide bonds. The van der Waals surface area contributed by atoms with Crippen LogP contribution in [-0.2, 0) is 23.7 Å². The van der Waals surface area contributed by atoms with Gasteiger partial charge < -0.3 is 10.2 Å². The van der Waals surface area contributed by atoms with E-state index >= 15 is 0 Å². The molecule has 10 heteroatoms. The van der Waals surface area contributed by atoms with E-state index < -0.39 is 35.4 Å². The number of rotatable bonds is 6. The Labute approximate surface area is 223 Å². The Morgan fingerprint density at radius 3 is 2.03 bits per heavy atom. The Hall–Kier alpha value is -2.62. The smallest absolute Gasteiger partial charge is 0.352 e. The van der Waals surface area contributed by atoms with Gasteiger partial charge in [0.1, 0.15) is 5.82 Å². The molecule has 2 atom stereocenters. The summed E-state index contributed by atoms with van der Waals surface area (Å²) in [6.07, 6.45) is -6.09. The summed E-state index contributed by atoms with van der Waals surface area (Å²) >= 11 is 0. The molecule has 2 aliphatic rings. The maximum Gasteiger partial charge on any atom is 0.416 e. The van der Waals surface area contributed by atoms with E-state index in [-0.39, 0.29) is 35.3 Å². The van der Waals surface area contributed by atoms with Crippen LogP contribution in [0.1, 0.15) is 74.1 Å². The number of nitrogens with zero attached hydrogens (tertiary/aromatic N) is 1.